The van der Waals surface area contributed by atoms with E-state index < -0.39 is 0 Å². The van der Waals surface area contributed by atoms with E-state index in [0.29, 0.717) is 13.1 Å². The molecular formula is C10H28N3+. The lowest BCUT2D eigenvalue weighted by Crippen LogP contribution is -2.47. The normalized spacial score (nSPS) is 10.6. The standard InChI is InChI=1S/C8H20N.C2H8N2/c1-5-9(6-2,7-3)8-4;3-1-2-4/h5-8H2,1-4H3;1-4H2/q+1;. The van der Waals surface area contributed by atoms with Crippen molar-refractivity contribution in [2.75, 3.05) is 39.3 Å². The Bertz CT molecular complexity index is 70.7. The molecule has 0 aromatic rings. The summed E-state index contributed by atoms with van der Waals surface area (Å²) in [5.74, 6) is 0. The zero-order chi connectivity index (χ0) is 10.7. The van der Waals surface area contributed by atoms with Crippen LogP contribution in [0.3, 0.4) is 0 Å². The molecule has 0 saturated heterocycles. The van der Waals surface area contributed by atoms with Crippen molar-refractivity contribution in [1.82, 2.24) is 0 Å². The van der Waals surface area contributed by atoms with Crippen LogP contribution < -0.4 is 11.5 Å². The summed E-state index contributed by atoms with van der Waals surface area (Å²) in [5.41, 5.74) is 9.81. The summed E-state index contributed by atoms with van der Waals surface area (Å²) in [6.07, 6.45) is 0. The van der Waals surface area contributed by atoms with E-state index in [4.69, 9.17) is 11.5 Å². The Morgan fingerprint density at radius 3 is 0.923 bits per heavy atom. The fraction of sp³-hybridized carbons (Fsp3) is 1.00. The van der Waals surface area contributed by atoms with Gasteiger partial charge in [-0.05, 0) is 27.7 Å². The molecule has 0 aliphatic heterocycles. The molecule has 4 N–H and O–H groups in total. The van der Waals surface area contributed by atoms with Gasteiger partial charge < -0.3 is 16.0 Å². The number of quaternary nitrogens is 1. The van der Waals surface area contributed by atoms with Gasteiger partial charge in [0.15, 0.2) is 0 Å². The zero-order valence-electron chi connectivity index (χ0n) is 9.84. The monoisotopic (exact) mass is 190 g/mol. The van der Waals surface area contributed by atoms with Crippen LogP contribution in [-0.2, 0) is 0 Å². The lowest BCUT2D eigenvalue weighted by molar-refractivity contribution is -0.921. The molecule has 0 unspecified atom stereocenters. The maximum atomic E-state index is 4.90. The third-order valence-corrected chi connectivity index (χ3v) is 2.85. The van der Waals surface area contributed by atoms with E-state index in [2.05, 4.69) is 27.7 Å². The second kappa shape index (κ2) is 9.96. The van der Waals surface area contributed by atoms with Gasteiger partial charge in [-0.25, -0.2) is 0 Å². The summed E-state index contributed by atoms with van der Waals surface area (Å²) in [7, 11) is 0. The van der Waals surface area contributed by atoms with Gasteiger partial charge in [-0.2, -0.15) is 0 Å². The molecule has 0 aromatic heterocycles. The van der Waals surface area contributed by atoms with E-state index in [1.54, 1.807) is 0 Å². The Kier molecular flexibility index (Phi) is 11.8. The van der Waals surface area contributed by atoms with Crippen LogP contribution in [-0.4, -0.2) is 43.8 Å². The molecule has 0 radical (unpaired) electrons. The molecule has 82 valence electrons. The fourth-order valence-electron chi connectivity index (χ4n) is 1.34. The van der Waals surface area contributed by atoms with E-state index in [-0.39, 0.29) is 0 Å². The first kappa shape index (κ1) is 15.4. The lowest BCUT2D eigenvalue weighted by Gasteiger charge is -2.34. The SMILES string of the molecule is CC[N+](CC)(CC)CC.NCCN. The van der Waals surface area contributed by atoms with Gasteiger partial charge in [0.1, 0.15) is 0 Å². The van der Waals surface area contributed by atoms with Gasteiger partial charge in [-0.3, -0.25) is 0 Å². The van der Waals surface area contributed by atoms with Crippen LogP contribution >= 0.6 is 0 Å². The topological polar surface area (TPSA) is 52.0 Å². The predicted molar refractivity (Wildman–Crippen MR) is 60.5 cm³/mol. The highest BCUT2D eigenvalue weighted by molar-refractivity contribution is 4.31. The second-order valence-electron chi connectivity index (χ2n) is 3.18. The van der Waals surface area contributed by atoms with E-state index >= 15 is 0 Å². The van der Waals surface area contributed by atoms with Crippen LogP contribution in [0.5, 0.6) is 0 Å². The van der Waals surface area contributed by atoms with E-state index in [1.165, 1.54) is 30.7 Å². The summed E-state index contributed by atoms with van der Waals surface area (Å²) in [4.78, 5) is 0. The van der Waals surface area contributed by atoms with Crippen molar-refractivity contribution in [1.29, 1.82) is 0 Å². The lowest BCUT2D eigenvalue weighted by atomic mass is 10.3. The number of hydrogen-bond donors (Lipinski definition) is 2. The van der Waals surface area contributed by atoms with Crippen molar-refractivity contribution in [2.24, 2.45) is 11.5 Å². The summed E-state index contributed by atoms with van der Waals surface area (Å²) in [6, 6.07) is 0. The summed E-state index contributed by atoms with van der Waals surface area (Å²) < 4.78 is 1.28. The first-order chi connectivity index (χ1) is 6.16. The largest absolute Gasteiger partial charge is 0.329 e. The molecular weight excluding hydrogens is 162 g/mol. The molecule has 13 heavy (non-hydrogen) atoms. The Morgan fingerprint density at radius 2 is 0.923 bits per heavy atom. The highest BCUT2D eigenvalue weighted by atomic mass is 15.3. The smallest absolute Gasteiger partial charge is 0.0757 e. The van der Waals surface area contributed by atoms with Crippen LogP contribution in [0.4, 0.5) is 0 Å². The predicted octanol–water partition coefficient (Wildman–Crippen LogP) is 0.787. The van der Waals surface area contributed by atoms with Crippen LogP contribution in [0, 0.1) is 0 Å². The minimum Gasteiger partial charge on any atom is -0.329 e. The van der Waals surface area contributed by atoms with Gasteiger partial charge in [-0.1, -0.05) is 0 Å². The third kappa shape index (κ3) is 6.99. The van der Waals surface area contributed by atoms with E-state index in [1.807, 2.05) is 0 Å². The van der Waals surface area contributed by atoms with Crippen molar-refractivity contribution in [3.05, 3.63) is 0 Å². The van der Waals surface area contributed by atoms with Gasteiger partial charge >= 0.3 is 0 Å². The van der Waals surface area contributed by atoms with Gasteiger partial charge in [0, 0.05) is 13.1 Å². The molecule has 3 nitrogen and oxygen atoms in total. The zero-order valence-corrected chi connectivity index (χ0v) is 9.84. The van der Waals surface area contributed by atoms with Gasteiger partial charge in [0.2, 0.25) is 0 Å². The number of hydrogen-bond acceptors (Lipinski definition) is 2. The molecule has 0 aliphatic rings. The minimum absolute atomic E-state index is 0.597. The fourth-order valence-corrected chi connectivity index (χ4v) is 1.34. The molecule has 0 amide bonds. The quantitative estimate of drug-likeness (QED) is 0.630. The summed E-state index contributed by atoms with van der Waals surface area (Å²) in [6.45, 7) is 15.4. The van der Waals surface area contributed by atoms with Gasteiger partial charge in [-0.15, -0.1) is 0 Å². The van der Waals surface area contributed by atoms with Gasteiger partial charge in [0.25, 0.3) is 0 Å². The molecule has 0 heterocycles. The molecule has 3 heteroatoms. The molecule has 0 fully saturated rings. The maximum absolute atomic E-state index is 4.90. The average molecular weight is 190 g/mol. The van der Waals surface area contributed by atoms with E-state index in [9.17, 15) is 0 Å². The van der Waals surface area contributed by atoms with Gasteiger partial charge in [0.05, 0.1) is 26.2 Å². The molecule has 0 bridgehead atoms. The average Bonchev–Trinajstić information content (AvgIpc) is 2.23. The highest BCUT2D eigenvalue weighted by Gasteiger charge is 2.16. The third-order valence-electron chi connectivity index (χ3n) is 2.85. The number of nitrogens with two attached hydrogens (primary N) is 2. The van der Waals surface area contributed by atoms with Crippen LogP contribution in [0.25, 0.3) is 0 Å². The number of rotatable bonds is 5. The molecule has 0 saturated carbocycles. The Labute approximate surface area is 83.7 Å². The van der Waals surface area contributed by atoms with E-state index in [0.717, 1.165) is 0 Å². The molecule has 0 rings (SSSR count). The first-order valence-corrected chi connectivity index (χ1v) is 5.41. The summed E-state index contributed by atoms with van der Waals surface area (Å²) >= 11 is 0. The molecule has 0 aromatic carbocycles. The maximum Gasteiger partial charge on any atom is 0.0757 e. The van der Waals surface area contributed by atoms with Crippen molar-refractivity contribution in [2.45, 2.75) is 27.7 Å². The van der Waals surface area contributed by atoms with Crippen molar-refractivity contribution in [3.8, 4) is 0 Å². The molecule has 0 spiro atoms. The van der Waals surface area contributed by atoms with Crippen molar-refractivity contribution >= 4 is 0 Å². The summed E-state index contributed by atoms with van der Waals surface area (Å²) in [5, 5.41) is 0. The number of nitrogens with zero attached hydrogens (tertiary/aromatic N) is 1. The Hall–Kier alpha value is -0.120. The Balaban J connectivity index is 0. The molecule has 0 aliphatic carbocycles. The highest BCUT2D eigenvalue weighted by Crippen LogP contribution is 2.03. The van der Waals surface area contributed by atoms with Crippen LogP contribution in [0.2, 0.25) is 0 Å². The molecule has 0 atom stereocenters. The van der Waals surface area contributed by atoms with Crippen LogP contribution in [0.1, 0.15) is 27.7 Å². The van der Waals surface area contributed by atoms with Crippen molar-refractivity contribution in [3.63, 3.8) is 0 Å². The first-order valence-electron chi connectivity index (χ1n) is 5.41. The van der Waals surface area contributed by atoms with Crippen LogP contribution in [0.15, 0.2) is 0 Å². The second-order valence-corrected chi connectivity index (χ2v) is 3.18. The van der Waals surface area contributed by atoms with Crippen molar-refractivity contribution < 1.29 is 4.48 Å². The Morgan fingerprint density at radius 1 is 0.692 bits per heavy atom. The minimum atomic E-state index is 0.597.